The van der Waals surface area contributed by atoms with Gasteiger partial charge in [0.25, 0.3) is 0 Å². The zero-order valence-electron chi connectivity index (χ0n) is 13.5. The van der Waals surface area contributed by atoms with Crippen molar-refractivity contribution >= 4 is 0 Å². The number of nitrogens with one attached hydrogen (secondary N) is 1. The summed E-state index contributed by atoms with van der Waals surface area (Å²) in [4.78, 5) is 2.61. The van der Waals surface area contributed by atoms with Crippen molar-refractivity contribution < 1.29 is 0 Å². The quantitative estimate of drug-likeness (QED) is 0.760. The highest BCUT2D eigenvalue weighted by Crippen LogP contribution is 2.38. The van der Waals surface area contributed by atoms with E-state index in [4.69, 9.17) is 0 Å². The third-order valence-electron chi connectivity index (χ3n) is 5.50. The van der Waals surface area contributed by atoms with Gasteiger partial charge in [-0.25, -0.2) is 0 Å². The SMILES string of the molecule is CCNC1CCC(CC)CC1CN(C)CC1CC1C. The van der Waals surface area contributed by atoms with Gasteiger partial charge in [0.2, 0.25) is 0 Å². The molecule has 0 aliphatic heterocycles. The van der Waals surface area contributed by atoms with E-state index in [1.165, 1.54) is 45.2 Å². The van der Waals surface area contributed by atoms with E-state index in [2.05, 4.69) is 38.0 Å². The van der Waals surface area contributed by atoms with Gasteiger partial charge in [-0.15, -0.1) is 0 Å². The Balaban J connectivity index is 1.81. The first-order chi connectivity index (χ1) is 9.13. The monoisotopic (exact) mass is 266 g/mol. The second-order valence-corrected chi connectivity index (χ2v) is 7.21. The molecule has 2 heteroatoms. The number of rotatable bonds is 7. The highest BCUT2D eigenvalue weighted by Gasteiger charge is 2.35. The van der Waals surface area contributed by atoms with Crippen LogP contribution in [0.3, 0.4) is 0 Å². The molecule has 0 spiro atoms. The lowest BCUT2D eigenvalue weighted by Gasteiger charge is -2.38. The van der Waals surface area contributed by atoms with Crippen LogP contribution < -0.4 is 5.32 Å². The van der Waals surface area contributed by atoms with Gasteiger partial charge >= 0.3 is 0 Å². The molecule has 0 bridgehead atoms. The van der Waals surface area contributed by atoms with Gasteiger partial charge in [-0.3, -0.25) is 0 Å². The van der Waals surface area contributed by atoms with Crippen LogP contribution in [0.15, 0.2) is 0 Å². The van der Waals surface area contributed by atoms with Crippen molar-refractivity contribution in [3.63, 3.8) is 0 Å². The molecule has 0 aromatic carbocycles. The van der Waals surface area contributed by atoms with Gasteiger partial charge in [-0.1, -0.05) is 27.2 Å². The summed E-state index contributed by atoms with van der Waals surface area (Å²) in [6.45, 7) is 10.8. The Labute approximate surface area is 120 Å². The molecular formula is C17H34N2. The van der Waals surface area contributed by atoms with Gasteiger partial charge < -0.3 is 10.2 Å². The molecule has 112 valence electrons. The third kappa shape index (κ3) is 4.46. The highest BCUT2D eigenvalue weighted by atomic mass is 15.1. The van der Waals surface area contributed by atoms with Crippen molar-refractivity contribution in [1.82, 2.24) is 10.2 Å². The van der Waals surface area contributed by atoms with Crippen molar-refractivity contribution in [2.75, 3.05) is 26.7 Å². The summed E-state index contributed by atoms with van der Waals surface area (Å²) < 4.78 is 0. The molecular weight excluding hydrogens is 232 g/mol. The van der Waals surface area contributed by atoms with Gasteiger partial charge in [-0.2, -0.15) is 0 Å². The molecule has 0 amide bonds. The fourth-order valence-corrected chi connectivity index (χ4v) is 3.99. The molecule has 0 aromatic heterocycles. The standard InChI is InChI=1S/C17H34N2/c1-5-14-7-8-17(18-6-2)16(10-14)12-19(4)11-15-9-13(15)3/h13-18H,5-12H2,1-4H3. The molecule has 2 aliphatic rings. The molecule has 2 nitrogen and oxygen atoms in total. The molecule has 0 heterocycles. The third-order valence-corrected chi connectivity index (χ3v) is 5.50. The molecule has 0 aromatic rings. The van der Waals surface area contributed by atoms with Gasteiger partial charge in [0.1, 0.15) is 0 Å². The molecule has 2 fully saturated rings. The first-order valence-electron chi connectivity index (χ1n) is 8.55. The summed E-state index contributed by atoms with van der Waals surface area (Å²) in [7, 11) is 2.34. The van der Waals surface area contributed by atoms with Crippen molar-refractivity contribution in [3.8, 4) is 0 Å². The number of hydrogen-bond donors (Lipinski definition) is 1. The van der Waals surface area contributed by atoms with E-state index < -0.39 is 0 Å². The van der Waals surface area contributed by atoms with Crippen LogP contribution in [0.5, 0.6) is 0 Å². The maximum atomic E-state index is 3.74. The minimum Gasteiger partial charge on any atom is -0.314 e. The van der Waals surface area contributed by atoms with Gasteiger partial charge in [0.15, 0.2) is 0 Å². The lowest BCUT2D eigenvalue weighted by atomic mass is 9.76. The highest BCUT2D eigenvalue weighted by molar-refractivity contribution is 4.88. The van der Waals surface area contributed by atoms with E-state index in [-0.39, 0.29) is 0 Å². The smallest absolute Gasteiger partial charge is 0.0108 e. The average Bonchev–Trinajstić information content (AvgIpc) is 3.07. The summed E-state index contributed by atoms with van der Waals surface area (Å²) in [5.41, 5.74) is 0. The Bertz CT molecular complexity index is 266. The maximum absolute atomic E-state index is 3.74. The fraction of sp³-hybridized carbons (Fsp3) is 1.00. The van der Waals surface area contributed by atoms with E-state index >= 15 is 0 Å². The summed E-state index contributed by atoms with van der Waals surface area (Å²) >= 11 is 0. The topological polar surface area (TPSA) is 15.3 Å². The Morgan fingerprint density at radius 3 is 2.32 bits per heavy atom. The Kier molecular flexibility index (Phi) is 5.70. The van der Waals surface area contributed by atoms with Crippen LogP contribution in [0.25, 0.3) is 0 Å². The predicted octanol–water partition coefficient (Wildman–Crippen LogP) is 3.38. The van der Waals surface area contributed by atoms with E-state index in [0.29, 0.717) is 0 Å². The van der Waals surface area contributed by atoms with Crippen molar-refractivity contribution in [2.24, 2.45) is 23.7 Å². The van der Waals surface area contributed by atoms with Crippen LogP contribution in [0.1, 0.15) is 52.9 Å². The second kappa shape index (κ2) is 7.08. The minimum absolute atomic E-state index is 0.770. The minimum atomic E-state index is 0.770. The molecule has 1 N–H and O–H groups in total. The van der Waals surface area contributed by atoms with E-state index in [1.54, 1.807) is 0 Å². The van der Waals surface area contributed by atoms with E-state index in [0.717, 1.165) is 36.3 Å². The Hall–Kier alpha value is -0.0800. The van der Waals surface area contributed by atoms with Crippen LogP contribution in [-0.2, 0) is 0 Å². The zero-order chi connectivity index (χ0) is 13.8. The Morgan fingerprint density at radius 2 is 1.74 bits per heavy atom. The number of nitrogens with zero attached hydrogens (tertiary/aromatic N) is 1. The molecule has 2 saturated carbocycles. The maximum Gasteiger partial charge on any atom is 0.0108 e. The zero-order valence-corrected chi connectivity index (χ0v) is 13.5. The lowest BCUT2D eigenvalue weighted by molar-refractivity contribution is 0.150. The first-order valence-corrected chi connectivity index (χ1v) is 8.55. The van der Waals surface area contributed by atoms with Crippen LogP contribution >= 0.6 is 0 Å². The Morgan fingerprint density at radius 1 is 1.05 bits per heavy atom. The molecule has 2 aliphatic carbocycles. The summed E-state index contributed by atoms with van der Waals surface area (Å²) in [5.74, 6) is 3.83. The van der Waals surface area contributed by atoms with Crippen molar-refractivity contribution in [3.05, 3.63) is 0 Å². The molecule has 5 atom stereocenters. The first kappa shape index (κ1) is 15.3. The molecule has 5 unspecified atom stereocenters. The molecule has 0 radical (unpaired) electrons. The second-order valence-electron chi connectivity index (χ2n) is 7.21. The van der Waals surface area contributed by atoms with E-state index in [1.807, 2.05) is 0 Å². The van der Waals surface area contributed by atoms with Crippen molar-refractivity contribution in [2.45, 2.75) is 58.9 Å². The van der Waals surface area contributed by atoms with Gasteiger partial charge in [0, 0.05) is 19.1 Å². The molecule has 0 saturated heterocycles. The largest absolute Gasteiger partial charge is 0.314 e. The predicted molar refractivity (Wildman–Crippen MR) is 83.4 cm³/mol. The van der Waals surface area contributed by atoms with E-state index in [9.17, 15) is 0 Å². The van der Waals surface area contributed by atoms with Crippen LogP contribution in [0.4, 0.5) is 0 Å². The molecule has 19 heavy (non-hydrogen) atoms. The lowest BCUT2D eigenvalue weighted by Crippen LogP contribution is -2.45. The average molecular weight is 266 g/mol. The molecule has 2 rings (SSSR count). The fourth-order valence-electron chi connectivity index (χ4n) is 3.99. The van der Waals surface area contributed by atoms with Crippen LogP contribution in [-0.4, -0.2) is 37.6 Å². The van der Waals surface area contributed by atoms with Crippen LogP contribution in [0, 0.1) is 23.7 Å². The van der Waals surface area contributed by atoms with Crippen LogP contribution in [0.2, 0.25) is 0 Å². The van der Waals surface area contributed by atoms with Crippen molar-refractivity contribution in [1.29, 1.82) is 0 Å². The summed E-state index contributed by atoms with van der Waals surface area (Å²) in [5, 5.41) is 3.74. The summed E-state index contributed by atoms with van der Waals surface area (Å²) in [6, 6.07) is 0.770. The van der Waals surface area contributed by atoms with Gasteiger partial charge in [-0.05, 0) is 62.9 Å². The number of hydrogen-bond acceptors (Lipinski definition) is 2. The normalized spacial score (nSPS) is 38.7. The van der Waals surface area contributed by atoms with Gasteiger partial charge in [0.05, 0.1) is 0 Å². The summed E-state index contributed by atoms with van der Waals surface area (Å²) in [6.07, 6.45) is 7.11.